The van der Waals surface area contributed by atoms with Crippen molar-refractivity contribution in [3.05, 3.63) is 58.7 Å². The molecule has 1 N–H and O–H groups in total. The van der Waals surface area contributed by atoms with Crippen LogP contribution in [-0.2, 0) is 13.1 Å². The van der Waals surface area contributed by atoms with E-state index in [1.54, 1.807) is 29.9 Å². The molecule has 1 aliphatic carbocycles. The molecular formula is C24H26FN7O. The third kappa shape index (κ3) is 5.58. The number of hydrogen-bond acceptors (Lipinski definition) is 6. The highest BCUT2D eigenvalue weighted by Crippen LogP contribution is 2.29. The average Bonchev–Trinajstić information content (AvgIpc) is 3.28. The van der Waals surface area contributed by atoms with E-state index in [9.17, 15) is 9.18 Å². The summed E-state index contributed by atoms with van der Waals surface area (Å²) >= 11 is 0. The third-order valence-electron chi connectivity index (χ3n) is 6.02. The van der Waals surface area contributed by atoms with Crippen molar-refractivity contribution >= 4 is 5.91 Å². The Bertz CT molecular complexity index is 1190. The van der Waals surface area contributed by atoms with Gasteiger partial charge in [-0.05, 0) is 80.0 Å². The van der Waals surface area contributed by atoms with Crippen LogP contribution in [0.5, 0.6) is 0 Å². The number of benzene rings is 1. The van der Waals surface area contributed by atoms with Crippen molar-refractivity contribution in [2.45, 2.75) is 52.6 Å². The van der Waals surface area contributed by atoms with Gasteiger partial charge in [0.1, 0.15) is 11.5 Å². The summed E-state index contributed by atoms with van der Waals surface area (Å²) in [6, 6.07) is 10.6. The Morgan fingerprint density at radius 2 is 2.00 bits per heavy atom. The number of aromatic nitrogens is 5. The molecule has 0 saturated heterocycles. The quantitative estimate of drug-likeness (QED) is 0.616. The number of aryl methyl sites for hydroxylation is 2. The molecule has 1 saturated carbocycles. The molecule has 8 nitrogen and oxygen atoms in total. The molecule has 0 unspecified atom stereocenters. The zero-order valence-corrected chi connectivity index (χ0v) is 18.8. The van der Waals surface area contributed by atoms with Crippen molar-refractivity contribution in [2.24, 2.45) is 11.8 Å². The van der Waals surface area contributed by atoms with Crippen LogP contribution in [0.1, 0.15) is 53.0 Å². The summed E-state index contributed by atoms with van der Waals surface area (Å²) in [5, 5.41) is 24.7. The minimum Gasteiger partial charge on any atom is -0.347 e. The lowest BCUT2D eigenvalue weighted by Gasteiger charge is -2.23. The number of carbonyl (C=O) groups is 1. The summed E-state index contributed by atoms with van der Waals surface area (Å²) in [4.78, 5) is 18.6. The zero-order chi connectivity index (χ0) is 23.4. The van der Waals surface area contributed by atoms with E-state index in [4.69, 9.17) is 5.26 Å². The van der Waals surface area contributed by atoms with Gasteiger partial charge in [0.05, 0.1) is 12.6 Å². The van der Waals surface area contributed by atoms with Gasteiger partial charge in [0, 0.05) is 23.7 Å². The van der Waals surface area contributed by atoms with Gasteiger partial charge in [-0.3, -0.25) is 4.79 Å². The summed E-state index contributed by atoms with van der Waals surface area (Å²) in [6.45, 7) is 4.43. The second-order valence-corrected chi connectivity index (χ2v) is 8.66. The van der Waals surface area contributed by atoms with Crippen LogP contribution >= 0.6 is 0 Å². The molecule has 0 spiro atoms. The molecule has 0 radical (unpaired) electrons. The Balaban J connectivity index is 1.42. The van der Waals surface area contributed by atoms with E-state index < -0.39 is 0 Å². The SMILES string of the molecule is Cc1cc(-c2nnn(CC3CCC(C#N)CC3)n2)cc(C(=O)NCc2ccc(F)c(C)c2)n1. The van der Waals surface area contributed by atoms with Crippen molar-refractivity contribution in [3.8, 4) is 17.5 Å². The minimum atomic E-state index is -0.330. The number of rotatable bonds is 6. The largest absolute Gasteiger partial charge is 0.347 e. The Kier molecular flexibility index (Phi) is 6.73. The van der Waals surface area contributed by atoms with E-state index in [0.717, 1.165) is 31.2 Å². The van der Waals surface area contributed by atoms with Crippen LogP contribution in [-0.4, -0.2) is 31.1 Å². The molecule has 9 heteroatoms. The molecule has 1 aromatic carbocycles. The Labute approximate surface area is 191 Å². The Hall–Kier alpha value is -3.67. The van der Waals surface area contributed by atoms with Gasteiger partial charge in [-0.1, -0.05) is 12.1 Å². The highest BCUT2D eigenvalue weighted by Gasteiger charge is 2.22. The smallest absolute Gasteiger partial charge is 0.270 e. The number of tetrazole rings is 1. The molecule has 0 bridgehead atoms. The monoisotopic (exact) mass is 447 g/mol. The Morgan fingerprint density at radius 3 is 2.73 bits per heavy atom. The number of hydrogen-bond donors (Lipinski definition) is 1. The molecular weight excluding hydrogens is 421 g/mol. The molecule has 33 heavy (non-hydrogen) atoms. The van der Waals surface area contributed by atoms with Crippen LogP contribution in [0.4, 0.5) is 4.39 Å². The number of pyridine rings is 1. The average molecular weight is 448 g/mol. The van der Waals surface area contributed by atoms with E-state index in [0.29, 0.717) is 35.1 Å². The predicted molar refractivity (Wildman–Crippen MR) is 119 cm³/mol. The standard InChI is InChI=1S/C24H26FN7O/c1-15-9-19(7-8-21(15)25)13-27-24(33)22-11-20(10-16(2)28-22)23-29-31-32(30-23)14-18-5-3-17(12-26)4-6-18/h7-11,17-18H,3-6,13-14H2,1-2H3,(H,27,33). The molecule has 2 heterocycles. The van der Waals surface area contributed by atoms with E-state index in [-0.39, 0.29) is 29.9 Å². The highest BCUT2D eigenvalue weighted by molar-refractivity contribution is 5.93. The molecule has 170 valence electrons. The first-order valence-corrected chi connectivity index (χ1v) is 11.1. The Morgan fingerprint density at radius 1 is 1.21 bits per heavy atom. The summed E-state index contributed by atoms with van der Waals surface area (Å²) in [5.41, 5.74) is 2.94. The number of nitriles is 1. The molecule has 1 aliphatic rings. The van der Waals surface area contributed by atoms with Crippen molar-refractivity contribution < 1.29 is 9.18 Å². The number of carbonyl (C=O) groups excluding carboxylic acids is 1. The van der Waals surface area contributed by atoms with Crippen molar-refractivity contribution in [1.29, 1.82) is 5.26 Å². The third-order valence-corrected chi connectivity index (χ3v) is 6.02. The lowest BCUT2D eigenvalue weighted by Crippen LogP contribution is -2.24. The van der Waals surface area contributed by atoms with E-state index in [1.165, 1.54) is 6.07 Å². The van der Waals surface area contributed by atoms with E-state index >= 15 is 0 Å². The molecule has 0 aliphatic heterocycles. The second kappa shape index (κ2) is 9.86. The minimum absolute atomic E-state index is 0.164. The van der Waals surface area contributed by atoms with Crippen LogP contribution in [0.3, 0.4) is 0 Å². The maximum absolute atomic E-state index is 13.4. The molecule has 3 aromatic rings. The topological polar surface area (TPSA) is 109 Å². The maximum atomic E-state index is 13.4. The van der Waals surface area contributed by atoms with Crippen LogP contribution in [0.25, 0.3) is 11.4 Å². The van der Waals surface area contributed by atoms with Gasteiger partial charge in [-0.2, -0.15) is 10.1 Å². The van der Waals surface area contributed by atoms with E-state index in [2.05, 4.69) is 31.8 Å². The lowest BCUT2D eigenvalue weighted by atomic mass is 9.83. The fourth-order valence-corrected chi connectivity index (χ4v) is 4.14. The van der Waals surface area contributed by atoms with Crippen molar-refractivity contribution in [3.63, 3.8) is 0 Å². The number of amides is 1. The molecule has 4 rings (SSSR count). The van der Waals surface area contributed by atoms with Gasteiger partial charge in [-0.15, -0.1) is 10.2 Å². The predicted octanol–water partition coefficient (Wildman–Crippen LogP) is 3.75. The number of halogens is 1. The van der Waals surface area contributed by atoms with Gasteiger partial charge in [-0.25, -0.2) is 9.37 Å². The van der Waals surface area contributed by atoms with Crippen molar-refractivity contribution in [1.82, 2.24) is 30.5 Å². The normalized spacial score (nSPS) is 18.0. The first-order chi connectivity index (χ1) is 15.9. The number of nitrogens with one attached hydrogen (secondary N) is 1. The maximum Gasteiger partial charge on any atom is 0.270 e. The fraction of sp³-hybridized carbons (Fsp3) is 0.417. The highest BCUT2D eigenvalue weighted by atomic mass is 19.1. The molecule has 1 fully saturated rings. The van der Waals surface area contributed by atoms with Gasteiger partial charge in [0.15, 0.2) is 0 Å². The summed E-state index contributed by atoms with van der Waals surface area (Å²) in [5.74, 6) is 0.438. The second-order valence-electron chi connectivity index (χ2n) is 8.66. The summed E-state index contributed by atoms with van der Waals surface area (Å²) < 4.78 is 13.4. The molecule has 1 amide bonds. The van der Waals surface area contributed by atoms with E-state index in [1.807, 2.05) is 13.0 Å². The van der Waals surface area contributed by atoms with Gasteiger partial charge in [0.25, 0.3) is 5.91 Å². The van der Waals surface area contributed by atoms with Gasteiger partial charge in [0.2, 0.25) is 5.82 Å². The van der Waals surface area contributed by atoms with Crippen LogP contribution in [0.2, 0.25) is 0 Å². The first-order valence-electron chi connectivity index (χ1n) is 11.1. The number of nitrogens with zero attached hydrogens (tertiary/aromatic N) is 6. The van der Waals surface area contributed by atoms with Gasteiger partial charge >= 0.3 is 0 Å². The fourth-order valence-electron chi connectivity index (χ4n) is 4.14. The van der Waals surface area contributed by atoms with Crippen LogP contribution in [0.15, 0.2) is 30.3 Å². The lowest BCUT2D eigenvalue weighted by molar-refractivity contribution is 0.0945. The molecule has 0 atom stereocenters. The summed E-state index contributed by atoms with van der Waals surface area (Å²) in [7, 11) is 0. The summed E-state index contributed by atoms with van der Waals surface area (Å²) in [6.07, 6.45) is 3.81. The molecule has 2 aromatic heterocycles. The van der Waals surface area contributed by atoms with Crippen LogP contribution < -0.4 is 5.32 Å². The van der Waals surface area contributed by atoms with Gasteiger partial charge < -0.3 is 5.32 Å². The zero-order valence-electron chi connectivity index (χ0n) is 18.8. The first kappa shape index (κ1) is 22.5. The van der Waals surface area contributed by atoms with Crippen LogP contribution in [0, 0.1) is 42.8 Å². The van der Waals surface area contributed by atoms with Crippen molar-refractivity contribution in [2.75, 3.05) is 0 Å².